The van der Waals surface area contributed by atoms with Crippen molar-refractivity contribution in [3.05, 3.63) is 30.6 Å². The van der Waals surface area contributed by atoms with Gasteiger partial charge in [-0.05, 0) is 19.2 Å². The molecule has 3 heterocycles. The first kappa shape index (κ1) is 13.8. The second-order valence-corrected chi connectivity index (χ2v) is 5.21. The predicted molar refractivity (Wildman–Crippen MR) is 84.5 cm³/mol. The SMILES string of the molecule is CNc1nc(-c2ccncc2)cc(N2CCN(C)CC2)n1. The molecule has 3 rings (SSSR count). The third-order valence-corrected chi connectivity index (χ3v) is 3.74. The molecule has 6 nitrogen and oxygen atoms in total. The van der Waals surface area contributed by atoms with Crippen LogP contribution in [-0.2, 0) is 0 Å². The van der Waals surface area contributed by atoms with Crippen LogP contribution in [-0.4, -0.2) is 60.1 Å². The Bertz CT molecular complexity index is 592. The average molecular weight is 284 g/mol. The van der Waals surface area contributed by atoms with E-state index in [0.29, 0.717) is 5.95 Å². The maximum atomic E-state index is 4.60. The fourth-order valence-electron chi connectivity index (χ4n) is 2.41. The minimum absolute atomic E-state index is 0.651. The van der Waals surface area contributed by atoms with E-state index in [1.165, 1.54) is 0 Å². The van der Waals surface area contributed by atoms with E-state index < -0.39 is 0 Å². The Hall–Kier alpha value is -2.21. The summed E-state index contributed by atoms with van der Waals surface area (Å²) in [5.41, 5.74) is 1.98. The smallest absolute Gasteiger partial charge is 0.224 e. The Labute approximate surface area is 124 Å². The molecule has 21 heavy (non-hydrogen) atoms. The Morgan fingerprint density at radius 2 is 1.76 bits per heavy atom. The number of nitrogens with one attached hydrogen (secondary N) is 1. The lowest BCUT2D eigenvalue weighted by molar-refractivity contribution is 0.312. The van der Waals surface area contributed by atoms with Crippen LogP contribution in [0.4, 0.5) is 11.8 Å². The van der Waals surface area contributed by atoms with Gasteiger partial charge in [0.15, 0.2) is 0 Å². The zero-order valence-electron chi connectivity index (χ0n) is 12.5. The molecule has 0 amide bonds. The van der Waals surface area contributed by atoms with E-state index in [9.17, 15) is 0 Å². The summed E-state index contributed by atoms with van der Waals surface area (Å²) in [7, 11) is 4.00. The van der Waals surface area contributed by atoms with E-state index in [4.69, 9.17) is 0 Å². The van der Waals surface area contributed by atoms with Crippen LogP contribution in [0.1, 0.15) is 0 Å². The zero-order valence-corrected chi connectivity index (χ0v) is 12.5. The van der Waals surface area contributed by atoms with E-state index >= 15 is 0 Å². The van der Waals surface area contributed by atoms with Gasteiger partial charge in [0.05, 0.1) is 5.69 Å². The van der Waals surface area contributed by atoms with E-state index in [0.717, 1.165) is 43.3 Å². The maximum absolute atomic E-state index is 4.60. The van der Waals surface area contributed by atoms with Crippen LogP contribution in [0, 0.1) is 0 Å². The van der Waals surface area contributed by atoms with Crippen LogP contribution in [0.5, 0.6) is 0 Å². The summed E-state index contributed by atoms with van der Waals surface area (Å²) >= 11 is 0. The van der Waals surface area contributed by atoms with Crippen molar-refractivity contribution in [2.24, 2.45) is 0 Å². The summed E-state index contributed by atoms with van der Waals surface area (Å²) in [5, 5.41) is 3.05. The van der Waals surface area contributed by atoms with Gasteiger partial charge in [-0.3, -0.25) is 4.98 Å². The molecule has 0 aliphatic carbocycles. The van der Waals surface area contributed by atoms with Crippen LogP contribution < -0.4 is 10.2 Å². The van der Waals surface area contributed by atoms with Gasteiger partial charge in [0, 0.05) is 57.3 Å². The largest absolute Gasteiger partial charge is 0.357 e. The van der Waals surface area contributed by atoms with Gasteiger partial charge in [0.1, 0.15) is 5.82 Å². The maximum Gasteiger partial charge on any atom is 0.224 e. The lowest BCUT2D eigenvalue weighted by atomic mass is 10.2. The van der Waals surface area contributed by atoms with Gasteiger partial charge >= 0.3 is 0 Å². The van der Waals surface area contributed by atoms with Crippen molar-refractivity contribution in [1.29, 1.82) is 0 Å². The summed E-state index contributed by atoms with van der Waals surface area (Å²) in [6, 6.07) is 5.99. The molecule has 6 heteroatoms. The van der Waals surface area contributed by atoms with E-state index in [1.807, 2.05) is 19.2 Å². The Balaban J connectivity index is 1.94. The van der Waals surface area contributed by atoms with Crippen molar-refractivity contribution in [2.45, 2.75) is 0 Å². The highest BCUT2D eigenvalue weighted by molar-refractivity contribution is 5.64. The van der Waals surface area contributed by atoms with Crippen molar-refractivity contribution >= 4 is 11.8 Å². The number of piperazine rings is 1. The molecule has 1 saturated heterocycles. The lowest BCUT2D eigenvalue weighted by Crippen LogP contribution is -2.44. The molecule has 0 saturated carbocycles. The average Bonchev–Trinajstić information content (AvgIpc) is 2.56. The monoisotopic (exact) mass is 284 g/mol. The molecule has 0 aromatic carbocycles. The molecular weight excluding hydrogens is 264 g/mol. The first-order chi connectivity index (χ1) is 10.3. The number of pyridine rings is 1. The van der Waals surface area contributed by atoms with Gasteiger partial charge in [0.25, 0.3) is 0 Å². The molecule has 1 N–H and O–H groups in total. The minimum Gasteiger partial charge on any atom is -0.357 e. The number of anilines is 2. The molecule has 2 aromatic rings. The van der Waals surface area contributed by atoms with Gasteiger partial charge in [0.2, 0.25) is 5.95 Å². The minimum atomic E-state index is 0.651. The molecule has 110 valence electrons. The number of hydrogen-bond donors (Lipinski definition) is 1. The molecule has 1 aliphatic heterocycles. The standard InChI is InChI=1S/C15H20N6/c1-16-15-18-13(12-3-5-17-6-4-12)11-14(19-15)21-9-7-20(2)8-10-21/h3-6,11H,7-10H2,1-2H3,(H,16,18,19). The molecule has 0 radical (unpaired) electrons. The van der Waals surface area contributed by atoms with Gasteiger partial charge in [-0.2, -0.15) is 4.98 Å². The van der Waals surface area contributed by atoms with Gasteiger partial charge in [-0.25, -0.2) is 4.98 Å². The van der Waals surface area contributed by atoms with Gasteiger partial charge < -0.3 is 15.1 Å². The van der Waals surface area contributed by atoms with E-state index in [-0.39, 0.29) is 0 Å². The van der Waals surface area contributed by atoms with Crippen molar-refractivity contribution in [3.63, 3.8) is 0 Å². The highest BCUT2D eigenvalue weighted by Gasteiger charge is 2.17. The number of hydrogen-bond acceptors (Lipinski definition) is 6. The fraction of sp³-hybridized carbons (Fsp3) is 0.400. The van der Waals surface area contributed by atoms with Crippen molar-refractivity contribution in [2.75, 3.05) is 50.5 Å². The summed E-state index contributed by atoms with van der Waals surface area (Å²) in [5.74, 6) is 1.63. The first-order valence-corrected chi connectivity index (χ1v) is 7.17. The van der Waals surface area contributed by atoms with E-state index in [1.54, 1.807) is 12.4 Å². The number of aromatic nitrogens is 3. The zero-order chi connectivity index (χ0) is 14.7. The highest BCUT2D eigenvalue weighted by atomic mass is 15.3. The number of nitrogens with zero attached hydrogens (tertiary/aromatic N) is 5. The Morgan fingerprint density at radius 3 is 2.43 bits per heavy atom. The Kier molecular flexibility index (Phi) is 3.96. The van der Waals surface area contributed by atoms with Crippen LogP contribution in [0.3, 0.4) is 0 Å². The third-order valence-electron chi connectivity index (χ3n) is 3.74. The highest BCUT2D eigenvalue weighted by Crippen LogP contribution is 2.23. The van der Waals surface area contributed by atoms with Crippen LogP contribution in [0.2, 0.25) is 0 Å². The molecule has 2 aromatic heterocycles. The second-order valence-electron chi connectivity index (χ2n) is 5.21. The molecule has 0 spiro atoms. The molecule has 1 aliphatic rings. The van der Waals surface area contributed by atoms with Crippen molar-refractivity contribution in [1.82, 2.24) is 19.9 Å². The quantitative estimate of drug-likeness (QED) is 0.917. The number of likely N-dealkylation sites (N-methyl/N-ethyl adjacent to an activating group) is 1. The van der Waals surface area contributed by atoms with Crippen LogP contribution >= 0.6 is 0 Å². The molecular formula is C15H20N6. The van der Waals surface area contributed by atoms with Crippen molar-refractivity contribution in [3.8, 4) is 11.3 Å². The van der Waals surface area contributed by atoms with Crippen molar-refractivity contribution < 1.29 is 0 Å². The first-order valence-electron chi connectivity index (χ1n) is 7.17. The molecule has 0 unspecified atom stereocenters. The van der Waals surface area contributed by atoms with Gasteiger partial charge in [-0.15, -0.1) is 0 Å². The molecule has 1 fully saturated rings. The lowest BCUT2D eigenvalue weighted by Gasteiger charge is -2.33. The van der Waals surface area contributed by atoms with Gasteiger partial charge in [-0.1, -0.05) is 0 Å². The van der Waals surface area contributed by atoms with Crippen LogP contribution in [0.15, 0.2) is 30.6 Å². The summed E-state index contributed by atoms with van der Waals surface area (Å²) in [6.07, 6.45) is 3.57. The summed E-state index contributed by atoms with van der Waals surface area (Å²) in [4.78, 5) is 17.8. The Morgan fingerprint density at radius 1 is 1.05 bits per heavy atom. The third kappa shape index (κ3) is 3.11. The van der Waals surface area contributed by atoms with Crippen LogP contribution in [0.25, 0.3) is 11.3 Å². The summed E-state index contributed by atoms with van der Waals surface area (Å²) in [6.45, 7) is 4.10. The summed E-state index contributed by atoms with van der Waals surface area (Å²) < 4.78 is 0. The second kappa shape index (κ2) is 6.05. The number of rotatable bonds is 3. The van der Waals surface area contributed by atoms with E-state index in [2.05, 4.69) is 43.2 Å². The normalized spacial score (nSPS) is 16.0. The predicted octanol–water partition coefficient (Wildman–Crippen LogP) is 1.33. The topological polar surface area (TPSA) is 57.2 Å². The molecule has 0 atom stereocenters. The molecule has 0 bridgehead atoms. The fourth-order valence-corrected chi connectivity index (χ4v) is 2.41.